The van der Waals surface area contributed by atoms with Gasteiger partial charge in [0.05, 0.1) is 0 Å². The fourth-order valence-corrected chi connectivity index (χ4v) is 8.92. The van der Waals surface area contributed by atoms with E-state index in [9.17, 15) is 4.57 Å². The fourth-order valence-electron chi connectivity index (χ4n) is 4.97. The average Bonchev–Trinajstić information content (AvgIpc) is 3.06. The Morgan fingerprint density at radius 1 is 0.773 bits per heavy atom. The van der Waals surface area contributed by atoms with Crippen molar-refractivity contribution >= 4 is 27.2 Å². The predicted molar refractivity (Wildman–Crippen MR) is 167 cm³/mol. The van der Waals surface area contributed by atoms with Crippen LogP contribution >= 0.6 is 7.82 Å². The normalized spacial score (nSPS) is 25.0. The van der Waals surface area contributed by atoms with Crippen molar-refractivity contribution in [3.05, 3.63) is 140 Å². The van der Waals surface area contributed by atoms with Gasteiger partial charge in [-0.2, -0.15) is 0 Å². The van der Waals surface area contributed by atoms with Crippen LogP contribution in [0.15, 0.2) is 134 Å². The molecule has 0 saturated carbocycles. The van der Waals surface area contributed by atoms with Crippen molar-refractivity contribution in [3.8, 4) is 11.5 Å². The third-order valence-corrected chi connectivity index (χ3v) is 10.7. The number of phosphoric acid groups is 1. The molecule has 0 N–H and O–H groups in total. The second-order valence-electron chi connectivity index (χ2n) is 10.1. The van der Waals surface area contributed by atoms with Crippen LogP contribution in [-0.4, -0.2) is 57.6 Å². The number of hydrogen-bond donors (Lipinski definition) is 0. The van der Waals surface area contributed by atoms with E-state index in [-0.39, 0.29) is 28.2 Å². The van der Waals surface area contributed by atoms with Gasteiger partial charge in [0.25, 0.3) is 0 Å². The van der Waals surface area contributed by atoms with Gasteiger partial charge in [0.15, 0.2) is 0 Å². The molecule has 4 aromatic rings. The molecule has 2 fully saturated rings. The number of para-hydroxylation sites is 2. The van der Waals surface area contributed by atoms with E-state index in [1.54, 1.807) is 54.6 Å². The number of phosphoric ester groups is 1. The van der Waals surface area contributed by atoms with Crippen LogP contribution in [-0.2, 0) is 28.0 Å². The first-order valence-electron chi connectivity index (χ1n) is 14.3. The molecular formula is C34H33O8PSe. The SMILES string of the molecule is C=CCO[C@H]1[C@@H]2OC(c3ccccc3)OC[C@H]2O[C@@H]([Se]c2ccccc2)[C@H]1OP(=O)(Oc1ccccc1)Oc1ccccc1. The summed E-state index contributed by atoms with van der Waals surface area (Å²) >= 11 is -0.284. The predicted octanol–water partition coefficient (Wildman–Crippen LogP) is 6.08. The molecule has 0 amide bonds. The fraction of sp³-hybridized carbons (Fsp3) is 0.235. The van der Waals surface area contributed by atoms with Crippen molar-refractivity contribution in [2.75, 3.05) is 13.2 Å². The van der Waals surface area contributed by atoms with Crippen molar-refractivity contribution in [3.63, 3.8) is 0 Å². The summed E-state index contributed by atoms with van der Waals surface area (Å²) in [6.45, 7) is 4.34. The molecule has 228 valence electrons. The Morgan fingerprint density at radius 2 is 1.34 bits per heavy atom. The van der Waals surface area contributed by atoms with Crippen LogP contribution in [0.1, 0.15) is 11.9 Å². The molecule has 0 aliphatic carbocycles. The first-order valence-corrected chi connectivity index (χ1v) is 17.6. The van der Waals surface area contributed by atoms with Crippen molar-refractivity contribution in [2.45, 2.75) is 35.7 Å². The van der Waals surface area contributed by atoms with Crippen LogP contribution in [0.5, 0.6) is 11.5 Å². The van der Waals surface area contributed by atoms with Gasteiger partial charge in [0.1, 0.15) is 0 Å². The molecule has 8 nitrogen and oxygen atoms in total. The summed E-state index contributed by atoms with van der Waals surface area (Å²) in [6, 6.07) is 37.3. The van der Waals surface area contributed by atoms with Gasteiger partial charge in [0, 0.05) is 0 Å². The molecule has 1 unspecified atom stereocenters. The summed E-state index contributed by atoms with van der Waals surface area (Å²) in [7, 11) is -4.33. The minimum atomic E-state index is -4.33. The van der Waals surface area contributed by atoms with E-state index < -0.39 is 43.5 Å². The molecule has 2 heterocycles. The van der Waals surface area contributed by atoms with E-state index in [4.69, 9.17) is 32.5 Å². The molecule has 6 atom stereocenters. The van der Waals surface area contributed by atoms with E-state index in [2.05, 4.69) is 6.58 Å². The second-order valence-corrected chi connectivity index (χ2v) is 14.0. The van der Waals surface area contributed by atoms with Crippen LogP contribution in [0.3, 0.4) is 0 Å². The Labute approximate surface area is 263 Å². The Bertz CT molecular complexity index is 1470. The first-order chi connectivity index (χ1) is 21.6. The summed E-state index contributed by atoms with van der Waals surface area (Å²) in [4.78, 5) is 0. The Morgan fingerprint density at radius 3 is 1.93 bits per heavy atom. The maximum absolute atomic E-state index is 14.6. The molecule has 4 aromatic carbocycles. The minimum absolute atomic E-state index is 0.211. The number of hydrogen-bond acceptors (Lipinski definition) is 8. The van der Waals surface area contributed by atoms with Gasteiger partial charge in [-0.3, -0.25) is 0 Å². The van der Waals surface area contributed by atoms with E-state index in [0.717, 1.165) is 10.0 Å². The molecule has 0 bridgehead atoms. The summed E-state index contributed by atoms with van der Waals surface area (Å²) in [5.41, 5.74) is 0.868. The van der Waals surface area contributed by atoms with Crippen LogP contribution in [0, 0.1) is 0 Å². The number of rotatable bonds is 12. The molecule has 2 aliphatic rings. The molecule has 0 spiro atoms. The molecular weight excluding hydrogens is 646 g/mol. The van der Waals surface area contributed by atoms with Gasteiger partial charge in [-0.25, -0.2) is 0 Å². The Hall–Kier alpha value is -3.23. The van der Waals surface area contributed by atoms with Crippen molar-refractivity contribution < 1.29 is 37.1 Å². The van der Waals surface area contributed by atoms with Gasteiger partial charge in [0.2, 0.25) is 0 Å². The standard InChI is InChI=1S/C34H33O8PSe/c1-2-23-36-31-30-29(24-37-33(39-30)25-15-7-3-8-16-25)38-34(44-28-21-13-6-14-22-28)32(31)42-43(35,40-26-17-9-4-10-18-26)41-27-19-11-5-12-20-27/h2-22,29-34H,1,23-24H2/t29-,30-,31+,32+,33?,34+/m1/s1. The summed E-state index contributed by atoms with van der Waals surface area (Å²) < 4.78 is 59.9. The van der Waals surface area contributed by atoms with E-state index in [0.29, 0.717) is 11.5 Å². The van der Waals surface area contributed by atoms with E-state index in [1.807, 2.05) is 72.8 Å². The van der Waals surface area contributed by atoms with E-state index >= 15 is 0 Å². The van der Waals surface area contributed by atoms with Crippen LogP contribution < -0.4 is 13.5 Å². The van der Waals surface area contributed by atoms with Crippen molar-refractivity contribution in [1.82, 2.24) is 0 Å². The van der Waals surface area contributed by atoms with Gasteiger partial charge < -0.3 is 0 Å². The van der Waals surface area contributed by atoms with Gasteiger partial charge in [-0.05, 0) is 0 Å². The first kappa shape index (κ1) is 30.8. The molecule has 44 heavy (non-hydrogen) atoms. The van der Waals surface area contributed by atoms with Crippen LogP contribution in [0.4, 0.5) is 0 Å². The molecule has 2 saturated heterocycles. The molecule has 10 heteroatoms. The number of benzene rings is 4. The molecule has 2 aliphatic heterocycles. The molecule has 6 rings (SSSR count). The topological polar surface area (TPSA) is 81.7 Å². The maximum atomic E-state index is 14.6. The zero-order valence-corrected chi connectivity index (χ0v) is 26.4. The average molecular weight is 680 g/mol. The third-order valence-electron chi connectivity index (χ3n) is 6.93. The van der Waals surface area contributed by atoms with Crippen LogP contribution in [0.2, 0.25) is 0 Å². The summed E-state index contributed by atoms with van der Waals surface area (Å²) in [5, 5.41) is -0.548. The second kappa shape index (κ2) is 14.7. The van der Waals surface area contributed by atoms with E-state index in [1.165, 1.54) is 0 Å². The Balaban J connectivity index is 1.36. The van der Waals surface area contributed by atoms with Crippen molar-refractivity contribution in [1.29, 1.82) is 0 Å². The summed E-state index contributed by atoms with van der Waals surface area (Å²) in [5.74, 6) is 0.669. The Kier molecular flexibility index (Phi) is 10.3. The third kappa shape index (κ3) is 7.70. The van der Waals surface area contributed by atoms with Crippen LogP contribution in [0.25, 0.3) is 0 Å². The molecule has 0 radical (unpaired) electrons. The number of fused-ring (bicyclic) bond motifs is 1. The van der Waals surface area contributed by atoms with Crippen molar-refractivity contribution in [2.24, 2.45) is 0 Å². The van der Waals surface area contributed by atoms with Gasteiger partial charge in [-0.15, -0.1) is 0 Å². The zero-order chi connectivity index (χ0) is 30.2. The quantitative estimate of drug-likeness (QED) is 0.101. The number of ether oxygens (including phenoxy) is 4. The van der Waals surface area contributed by atoms with Gasteiger partial charge in [-0.1, -0.05) is 0 Å². The van der Waals surface area contributed by atoms with Gasteiger partial charge >= 0.3 is 264 Å². The monoisotopic (exact) mass is 680 g/mol. The molecule has 0 aromatic heterocycles. The summed E-state index contributed by atoms with van der Waals surface area (Å²) in [6.07, 6.45) is -1.66. The zero-order valence-electron chi connectivity index (χ0n) is 23.8.